The van der Waals surface area contributed by atoms with Gasteiger partial charge in [-0.2, -0.15) is 0 Å². The normalized spacial score (nSPS) is 12.2. The first-order valence-corrected chi connectivity index (χ1v) is 14.8. The van der Waals surface area contributed by atoms with Gasteiger partial charge >= 0.3 is 0 Å². The van der Waals surface area contributed by atoms with E-state index in [1.54, 1.807) is 62.4 Å². The van der Waals surface area contributed by atoms with Crippen molar-refractivity contribution in [1.29, 1.82) is 0 Å². The Morgan fingerprint density at radius 3 is 2.13 bits per heavy atom. The van der Waals surface area contributed by atoms with E-state index in [0.29, 0.717) is 26.2 Å². The average Bonchev–Trinajstić information content (AvgIpc) is 2.88. The van der Waals surface area contributed by atoms with Gasteiger partial charge in [0.2, 0.25) is 11.8 Å². The minimum atomic E-state index is -4.19. The molecule has 3 rings (SSSR count). The van der Waals surface area contributed by atoms with Gasteiger partial charge in [0.05, 0.1) is 10.6 Å². The van der Waals surface area contributed by atoms with E-state index >= 15 is 0 Å². The Hall–Kier alpha value is -2.78. The maximum absolute atomic E-state index is 14.0. The van der Waals surface area contributed by atoms with E-state index in [2.05, 4.69) is 5.32 Å². The van der Waals surface area contributed by atoms with Crippen LogP contribution >= 0.6 is 34.8 Å². The Labute approximate surface area is 244 Å². The zero-order valence-electron chi connectivity index (χ0n) is 22.0. The van der Waals surface area contributed by atoms with Crippen molar-refractivity contribution < 1.29 is 18.0 Å². The summed E-state index contributed by atoms with van der Waals surface area (Å²) >= 11 is 18.7. The average molecular weight is 611 g/mol. The molecule has 0 fully saturated rings. The fourth-order valence-corrected chi connectivity index (χ4v) is 6.03. The molecule has 0 aromatic heterocycles. The summed E-state index contributed by atoms with van der Waals surface area (Å²) in [6.45, 7) is 6.30. The van der Waals surface area contributed by atoms with Crippen molar-refractivity contribution in [2.24, 2.45) is 0 Å². The molecule has 0 aliphatic carbocycles. The SMILES string of the molecule is Cc1ccc(Cl)cc1N(CC(=O)N(Cc1ccc(Cl)cc1Cl)[C@@H](C)C(=O)NC(C)C)S(=O)(=O)c1ccccc1. The van der Waals surface area contributed by atoms with Crippen LogP contribution in [0.5, 0.6) is 0 Å². The van der Waals surface area contributed by atoms with Crippen LogP contribution in [0.3, 0.4) is 0 Å². The molecule has 1 N–H and O–H groups in total. The second-order valence-corrected chi connectivity index (χ2v) is 12.5. The molecule has 0 unspecified atom stereocenters. The molecule has 0 spiro atoms. The molecule has 0 saturated carbocycles. The van der Waals surface area contributed by atoms with E-state index in [4.69, 9.17) is 34.8 Å². The number of benzene rings is 3. The Morgan fingerprint density at radius 1 is 0.897 bits per heavy atom. The number of carbonyl (C=O) groups excluding carboxylic acids is 2. The zero-order chi connectivity index (χ0) is 28.9. The minimum Gasteiger partial charge on any atom is -0.352 e. The summed E-state index contributed by atoms with van der Waals surface area (Å²) in [5.74, 6) is -0.994. The highest BCUT2D eigenvalue weighted by atomic mass is 35.5. The Balaban J connectivity index is 2.08. The third-order valence-corrected chi connectivity index (χ3v) is 8.60. The first-order chi connectivity index (χ1) is 18.3. The zero-order valence-corrected chi connectivity index (χ0v) is 25.1. The highest BCUT2D eigenvalue weighted by molar-refractivity contribution is 7.92. The van der Waals surface area contributed by atoms with Gasteiger partial charge in [0.15, 0.2) is 0 Å². The van der Waals surface area contributed by atoms with Gasteiger partial charge in [0, 0.05) is 27.7 Å². The van der Waals surface area contributed by atoms with E-state index in [9.17, 15) is 18.0 Å². The van der Waals surface area contributed by atoms with Crippen molar-refractivity contribution in [3.05, 3.63) is 92.9 Å². The van der Waals surface area contributed by atoms with Crippen LogP contribution in [0.4, 0.5) is 5.69 Å². The summed E-state index contributed by atoms with van der Waals surface area (Å²) < 4.78 is 28.7. The summed E-state index contributed by atoms with van der Waals surface area (Å²) in [7, 11) is -4.19. The number of halogens is 3. The predicted molar refractivity (Wildman–Crippen MR) is 157 cm³/mol. The molecule has 0 aliphatic heterocycles. The van der Waals surface area contributed by atoms with Crippen molar-refractivity contribution in [2.45, 2.75) is 51.2 Å². The molecule has 11 heteroatoms. The molecule has 0 radical (unpaired) electrons. The quantitative estimate of drug-likeness (QED) is 0.301. The lowest BCUT2D eigenvalue weighted by molar-refractivity contribution is -0.139. The highest BCUT2D eigenvalue weighted by Crippen LogP contribution is 2.30. The topological polar surface area (TPSA) is 86.8 Å². The third kappa shape index (κ3) is 7.66. The van der Waals surface area contributed by atoms with Gasteiger partial charge in [0.1, 0.15) is 12.6 Å². The third-order valence-electron chi connectivity index (χ3n) is 6.00. The number of nitrogens with one attached hydrogen (secondary N) is 1. The molecule has 208 valence electrons. The molecule has 1 atom stereocenters. The Kier molecular flexibility index (Phi) is 10.3. The maximum Gasteiger partial charge on any atom is 0.264 e. The molecule has 3 aromatic rings. The van der Waals surface area contributed by atoms with Crippen LogP contribution in [0, 0.1) is 6.92 Å². The van der Waals surface area contributed by atoms with Crippen molar-refractivity contribution in [1.82, 2.24) is 10.2 Å². The van der Waals surface area contributed by atoms with Gasteiger partial charge in [-0.3, -0.25) is 13.9 Å². The smallest absolute Gasteiger partial charge is 0.264 e. The molecule has 0 saturated heterocycles. The van der Waals surface area contributed by atoms with Gasteiger partial charge < -0.3 is 10.2 Å². The van der Waals surface area contributed by atoms with Gasteiger partial charge in [-0.05, 0) is 75.2 Å². The molecule has 0 bridgehead atoms. The Morgan fingerprint density at radius 2 is 1.51 bits per heavy atom. The lowest BCUT2D eigenvalue weighted by Gasteiger charge is -2.33. The summed E-state index contributed by atoms with van der Waals surface area (Å²) in [6.07, 6.45) is 0. The first-order valence-electron chi connectivity index (χ1n) is 12.2. The standard InChI is InChI=1S/C28H30Cl3N3O4S/c1-18(2)32-28(36)20(4)33(16-21-11-13-22(29)14-25(21)31)27(35)17-34(26-15-23(30)12-10-19(26)3)39(37,38)24-8-6-5-7-9-24/h5-15,18,20H,16-17H2,1-4H3,(H,32,36)/t20-/m0/s1. The summed E-state index contributed by atoms with van der Waals surface area (Å²) in [4.78, 5) is 28.3. The molecular formula is C28H30Cl3N3O4S. The summed E-state index contributed by atoms with van der Waals surface area (Å²) in [5, 5.41) is 3.86. The van der Waals surface area contributed by atoms with Gasteiger partial charge in [0.25, 0.3) is 10.0 Å². The number of rotatable bonds is 10. The van der Waals surface area contributed by atoms with Crippen molar-refractivity contribution >= 4 is 62.3 Å². The number of hydrogen-bond donors (Lipinski definition) is 1. The van der Waals surface area contributed by atoms with E-state index < -0.39 is 28.5 Å². The lowest BCUT2D eigenvalue weighted by atomic mass is 10.1. The molecule has 39 heavy (non-hydrogen) atoms. The fourth-order valence-electron chi connectivity index (χ4n) is 3.91. The number of carbonyl (C=O) groups is 2. The number of anilines is 1. The second kappa shape index (κ2) is 13.0. The van der Waals surface area contributed by atoms with E-state index in [0.717, 1.165) is 4.31 Å². The summed E-state index contributed by atoms with van der Waals surface area (Å²) in [6, 6.07) is 16.4. The van der Waals surface area contributed by atoms with Crippen LogP contribution < -0.4 is 9.62 Å². The fraction of sp³-hybridized carbons (Fsp3) is 0.286. The number of sulfonamides is 1. The number of amides is 2. The van der Waals surface area contributed by atoms with Crippen LogP contribution in [0.15, 0.2) is 71.6 Å². The van der Waals surface area contributed by atoms with Crippen LogP contribution in [0.2, 0.25) is 15.1 Å². The van der Waals surface area contributed by atoms with E-state index in [-0.39, 0.29) is 29.1 Å². The number of nitrogens with zero attached hydrogens (tertiary/aromatic N) is 2. The minimum absolute atomic E-state index is 0.00932. The van der Waals surface area contributed by atoms with E-state index in [1.807, 2.05) is 13.8 Å². The molecule has 3 aromatic carbocycles. The highest BCUT2D eigenvalue weighted by Gasteiger charge is 2.33. The number of aryl methyl sites for hydroxylation is 1. The monoisotopic (exact) mass is 609 g/mol. The van der Waals surface area contributed by atoms with Crippen molar-refractivity contribution in [3.63, 3.8) is 0 Å². The molecule has 0 aliphatic rings. The van der Waals surface area contributed by atoms with Crippen LogP contribution in [0.1, 0.15) is 31.9 Å². The van der Waals surface area contributed by atoms with Crippen LogP contribution in [-0.4, -0.2) is 43.8 Å². The summed E-state index contributed by atoms with van der Waals surface area (Å²) in [5.41, 5.74) is 1.41. The van der Waals surface area contributed by atoms with Crippen LogP contribution in [0.25, 0.3) is 0 Å². The molecular weight excluding hydrogens is 581 g/mol. The van der Waals surface area contributed by atoms with Gasteiger partial charge in [-0.15, -0.1) is 0 Å². The largest absolute Gasteiger partial charge is 0.352 e. The predicted octanol–water partition coefficient (Wildman–Crippen LogP) is 6.09. The van der Waals surface area contributed by atoms with Crippen molar-refractivity contribution in [2.75, 3.05) is 10.8 Å². The van der Waals surface area contributed by atoms with Crippen molar-refractivity contribution in [3.8, 4) is 0 Å². The lowest BCUT2D eigenvalue weighted by Crippen LogP contribution is -2.52. The first kappa shape index (κ1) is 30.8. The van der Waals surface area contributed by atoms with Gasteiger partial charge in [-0.25, -0.2) is 8.42 Å². The number of hydrogen-bond acceptors (Lipinski definition) is 4. The molecule has 0 heterocycles. The molecule has 7 nitrogen and oxygen atoms in total. The second-order valence-electron chi connectivity index (χ2n) is 9.35. The Bertz CT molecular complexity index is 1450. The maximum atomic E-state index is 14.0. The molecule has 2 amide bonds. The van der Waals surface area contributed by atoms with E-state index in [1.165, 1.54) is 23.1 Å². The van der Waals surface area contributed by atoms with Crippen LogP contribution in [-0.2, 0) is 26.2 Å². The van der Waals surface area contributed by atoms with Gasteiger partial charge in [-0.1, -0.05) is 65.1 Å².